The number of nitrogens with one attached hydrogen (secondary N) is 5. The molecule has 5 N–H and O–H groups in total. The molecule has 3 aliphatic carbocycles. The highest BCUT2D eigenvalue weighted by atomic mass is 32.1. The number of carbonyl (C=O) groups is 6. The van der Waals surface area contributed by atoms with Crippen LogP contribution in [0.4, 0.5) is 15.8 Å². The first kappa shape index (κ1) is 86.5. The number of thiazole rings is 1. The summed E-state index contributed by atoms with van der Waals surface area (Å²) in [6.45, 7) is 16.5. The van der Waals surface area contributed by atoms with Crippen molar-refractivity contribution in [2.75, 3.05) is 77.5 Å². The number of hydrogen-bond acceptors (Lipinski definition) is 15. The topological polar surface area (TPSA) is 259 Å². The van der Waals surface area contributed by atoms with Gasteiger partial charge in [-0.05, 0) is 149 Å². The van der Waals surface area contributed by atoms with Crippen LogP contribution in [0.5, 0.6) is 5.75 Å². The summed E-state index contributed by atoms with van der Waals surface area (Å²) >= 11 is 1.63. The smallest absolute Gasteiger partial charge is 0.278 e. The van der Waals surface area contributed by atoms with E-state index in [-0.39, 0.29) is 101 Å². The summed E-state index contributed by atoms with van der Waals surface area (Å²) in [5.41, 5.74) is 6.42. The Balaban J connectivity index is 0.000000171. The van der Waals surface area contributed by atoms with Crippen LogP contribution in [0.3, 0.4) is 0 Å². The lowest BCUT2D eigenvalue weighted by molar-refractivity contribution is -0.140. The number of fused-ring (bicyclic) bond motifs is 3. The van der Waals surface area contributed by atoms with Crippen LogP contribution in [0.1, 0.15) is 192 Å². The SMILES string of the molecule is CC[C@@H](C)C(=O)N[C@H](C(=O)N1CCCC1c1nc(-c2ccc(OC)c3ccccc23)cs1)C1CCCCC1.CC[C@@H](C)C(=O)N[C@H](C(=O)N1CCC[C@H]1CNc1cn(CCOCCOCCOC)c2cc(F)ccc12)C1CCCCC1.CC[C@@H](C)C(=O)Nc1cnc(-c2ccccc2)n(CC(=O)NC2CCCc3ccccc32)c1=O. The molecule has 2 aliphatic heterocycles. The zero-order valence-electron chi connectivity index (χ0n) is 68.6. The van der Waals surface area contributed by atoms with Gasteiger partial charge in [-0.2, -0.15) is 0 Å². The van der Waals surface area contributed by atoms with Gasteiger partial charge in [0, 0.05) is 90.6 Å². The van der Waals surface area contributed by atoms with E-state index in [1.807, 2.05) is 122 Å². The number of anilines is 2. The number of methoxy groups -OCH3 is 2. The second kappa shape index (κ2) is 43.0. The highest BCUT2D eigenvalue weighted by Crippen LogP contribution is 2.41. The predicted octanol–water partition coefficient (Wildman–Crippen LogP) is 15.8. The third-order valence-electron chi connectivity index (χ3n) is 23.9. The van der Waals surface area contributed by atoms with Crippen LogP contribution in [0, 0.1) is 35.4 Å². The first-order valence-electron chi connectivity index (χ1n) is 42.1. The van der Waals surface area contributed by atoms with Crippen molar-refractivity contribution in [1.29, 1.82) is 0 Å². The summed E-state index contributed by atoms with van der Waals surface area (Å²) in [5, 5.41) is 21.9. The van der Waals surface area contributed by atoms with Gasteiger partial charge in [-0.15, -0.1) is 11.3 Å². The zero-order chi connectivity index (χ0) is 81.3. The number of rotatable bonds is 32. The van der Waals surface area contributed by atoms with Gasteiger partial charge in [-0.1, -0.05) is 159 Å². The molecule has 5 heterocycles. The zero-order valence-corrected chi connectivity index (χ0v) is 69.4. The molecule has 618 valence electrons. The Bertz CT molecular complexity index is 4600. The standard InChI is InChI=1S/C33H51FN4O5.C31H39N3O3S.C27H30N4O3/c1-4-24(2)32(39)36-31(25-9-6-5-7-10-25)33(40)38-14-8-11-27(38)22-35-29-23-37(30-21-26(34)12-13-28(29)30)15-16-42-19-20-43-18-17-41-3;1-4-20(2)29(35)33-28(21-11-6-5-7-12-21)31(36)34-18-10-15-26(34)30-32-25(19-38-30)23-16-17-27(37-3)24-14-9-8-13-22(23)24;1-3-18(2)26(33)30-23-16-28-25(20-11-5-4-6-12-20)31(27(23)34)17-24(32)29-22-15-9-13-19-10-7-8-14-21(19)22/h12-13,21,23-25,27,31,35H,4-11,14-20,22H2,1-3H3,(H,36,39);8-9,13-14,16-17,19-21,26,28H,4-7,10-12,15,18H2,1-3H3,(H,33,35);4-8,10-12,14,16,18,22H,3,9,13,15,17H2,1-2H3,(H,29,32)(H,30,33)/t24-,27+,31+;20-,26?,28+;18-,22?/m111/s1. The Hall–Kier alpha value is -9.36. The quantitative estimate of drug-likeness (QED) is 0.0246. The number of benzene rings is 5. The van der Waals surface area contributed by atoms with Gasteiger partial charge in [0.05, 0.1) is 75.3 Å². The van der Waals surface area contributed by atoms with Crippen molar-refractivity contribution in [3.05, 3.63) is 159 Å². The summed E-state index contributed by atoms with van der Waals surface area (Å²) < 4.78 is 39.3. The Morgan fingerprint density at radius 1 is 0.617 bits per heavy atom. The van der Waals surface area contributed by atoms with Gasteiger partial charge in [0.25, 0.3) is 5.56 Å². The Morgan fingerprint density at radius 2 is 1.23 bits per heavy atom. The average Bonchev–Trinajstić information content (AvgIpc) is 1.70. The normalized spacial score (nSPS) is 18.4. The van der Waals surface area contributed by atoms with E-state index in [9.17, 15) is 38.0 Å². The molecule has 13 rings (SSSR count). The number of ether oxygens (including phenoxy) is 4. The molecule has 24 heteroatoms. The molecule has 8 atom stereocenters. The maximum Gasteiger partial charge on any atom is 0.278 e. The minimum Gasteiger partial charge on any atom is -0.496 e. The van der Waals surface area contributed by atoms with Gasteiger partial charge in [0.15, 0.2) is 0 Å². The highest BCUT2D eigenvalue weighted by Gasteiger charge is 2.42. The molecule has 0 spiro atoms. The maximum absolute atomic E-state index is 14.2. The van der Waals surface area contributed by atoms with Crippen LogP contribution in [-0.4, -0.2) is 149 Å². The molecule has 3 aromatic heterocycles. The van der Waals surface area contributed by atoms with Gasteiger partial charge in [-0.3, -0.25) is 38.1 Å². The van der Waals surface area contributed by atoms with Crippen molar-refractivity contribution in [2.45, 2.75) is 213 Å². The fourth-order valence-corrected chi connectivity index (χ4v) is 17.6. The minimum absolute atomic E-state index is 0.00455. The number of amides is 6. The second-order valence-electron chi connectivity index (χ2n) is 31.6. The van der Waals surface area contributed by atoms with Crippen molar-refractivity contribution < 1.29 is 52.1 Å². The fraction of sp³-hybridized carbons (Fsp3) is 0.527. The van der Waals surface area contributed by atoms with E-state index in [2.05, 4.69) is 61.2 Å². The molecule has 4 fully saturated rings. The van der Waals surface area contributed by atoms with Crippen molar-refractivity contribution >= 4 is 79.8 Å². The number of hydrogen-bond donors (Lipinski definition) is 5. The summed E-state index contributed by atoms with van der Waals surface area (Å²) in [7, 11) is 3.33. The van der Waals surface area contributed by atoms with Crippen LogP contribution in [0.25, 0.3) is 44.3 Å². The molecule has 2 saturated carbocycles. The van der Waals surface area contributed by atoms with E-state index >= 15 is 0 Å². The van der Waals surface area contributed by atoms with Crippen molar-refractivity contribution in [3.8, 4) is 28.4 Å². The lowest BCUT2D eigenvalue weighted by Crippen LogP contribution is -2.55. The molecule has 115 heavy (non-hydrogen) atoms. The Kier molecular flexibility index (Phi) is 32.4. The van der Waals surface area contributed by atoms with Crippen LogP contribution < -0.4 is 36.9 Å². The van der Waals surface area contributed by atoms with Crippen molar-refractivity contribution in [2.24, 2.45) is 29.6 Å². The van der Waals surface area contributed by atoms with Gasteiger partial charge in [-0.25, -0.2) is 14.4 Å². The monoisotopic (exact) mass is 1590 g/mol. The van der Waals surface area contributed by atoms with Crippen LogP contribution in [-0.2, 0) is 62.5 Å². The van der Waals surface area contributed by atoms with Crippen molar-refractivity contribution in [1.82, 2.24) is 44.9 Å². The molecule has 5 aliphatic rings. The number of aryl methyl sites for hydroxylation is 1. The van der Waals surface area contributed by atoms with E-state index in [1.54, 1.807) is 44.6 Å². The molecular formula is C91H120FN11O11S. The molecule has 8 aromatic rings. The highest BCUT2D eigenvalue weighted by molar-refractivity contribution is 7.10. The number of likely N-dealkylation sites (tertiary alicyclic amines) is 2. The lowest BCUT2D eigenvalue weighted by Gasteiger charge is -2.35. The first-order valence-corrected chi connectivity index (χ1v) is 43.0. The van der Waals surface area contributed by atoms with E-state index in [0.29, 0.717) is 71.5 Å². The number of aromatic nitrogens is 4. The van der Waals surface area contributed by atoms with Crippen LogP contribution in [0.2, 0.25) is 0 Å². The Labute approximate surface area is 681 Å². The molecule has 2 unspecified atom stereocenters. The molecule has 0 radical (unpaired) electrons. The number of carbonyl (C=O) groups excluding carboxylic acids is 6. The molecule has 0 bridgehead atoms. The van der Waals surface area contributed by atoms with Gasteiger partial charge in [0.1, 0.15) is 46.7 Å². The third-order valence-corrected chi connectivity index (χ3v) is 24.9. The molecule has 22 nitrogen and oxygen atoms in total. The van der Waals surface area contributed by atoms with Crippen LogP contribution >= 0.6 is 11.3 Å². The van der Waals surface area contributed by atoms with E-state index in [4.69, 9.17) is 23.9 Å². The third kappa shape index (κ3) is 22.4. The van der Waals surface area contributed by atoms with E-state index < -0.39 is 17.6 Å². The van der Waals surface area contributed by atoms with E-state index in [0.717, 1.165) is 170 Å². The number of halogens is 1. The number of nitrogens with zero attached hydrogens (tertiary/aromatic N) is 6. The maximum atomic E-state index is 14.2. The molecule has 5 aromatic carbocycles. The van der Waals surface area contributed by atoms with E-state index in [1.165, 1.54) is 35.2 Å². The van der Waals surface area contributed by atoms with Crippen molar-refractivity contribution in [3.63, 3.8) is 0 Å². The van der Waals surface area contributed by atoms with Gasteiger partial charge < -0.3 is 59.9 Å². The summed E-state index contributed by atoms with van der Waals surface area (Å²) in [4.78, 5) is 106. The predicted molar refractivity (Wildman–Crippen MR) is 452 cm³/mol. The average molecular weight is 1600 g/mol. The molecule has 6 amide bonds. The first-order chi connectivity index (χ1) is 55.9. The van der Waals surface area contributed by atoms with Gasteiger partial charge in [0.2, 0.25) is 35.4 Å². The summed E-state index contributed by atoms with van der Waals surface area (Å²) in [6, 6.07) is 33.5. The van der Waals surface area contributed by atoms with Crippen LogP contribution in [0.15, 0.2) is 132 Å². The summed E-state index contributed by atoms with van der Waals surface area (Å²) in [5.74, 6) is 0.479. The van der Waals surface area contributed by atoms with Gasteiger partial charge >= 0.3 is 0 Å². The fourth-order valence-electron chi connectivity index (χ4n) is 16.6. The molecular weight excluding hydrogens is 1470 g/mol. The summed E-state index contributed by atoms with van der Waals surface area (Å²) in [6.07, 6.45) is 22.9. The minimum atomic E-state index is -0.460. The second-order valence-corrected chi connectivity index (χ2v) is 32.5. The Morgan fingerprint density at radius 3 is 1.91 bits per heavy atom. The molecule has 2 saturated heterocycles. The largest absolute Gasteiger partial charge is 0.496 e. The lowest BCUT2D eigenvalue weighted by atomic mass is 9.83.